The zero-order valence-electron chi connectivity index (χ0n) is 33.3. The molecule has 0 unspecified atom stereocenters. The van der Waals surface area contributed by atoms with Gasteiger partial charge in [0.2, 0.25) is 0 Å². The van der Waals surface area contributed by atoms with E-state index in [2.05, 4.69) is 76.2 Å². The monoisotopic (exact) mass is 789 g/mol. The fourth-order valence-corrected chi connectivity index (χ4v) is 7.54. The highest BCUT2D eigenvalue weighted by atomic mass is 16.7. The summed E-state index contributed by atoms with van der Waals surface area (Å²) in [7, 11) is 1.32. The van der Waals surface area contributed by atoms with Crippen LogP contribution in [0.3, 0.4) is 0 Å². The second-order valence-electron chi connectivity index (χ2n) is 14.9. The molecule has 59 heavy (non-hydrogen) atoms. The lowest BCUT2D eigenvalue weighted by Crippen LogP contribution is -2.47. The second-order valence-corrected chi connectivity index (χ2v) is 14.9. The summed E-state index contributed by atoms with van der Waals surface area (Å²) in [5.74, 6) is -0.510. The van der Waals surface area contributed by atoms with Gasteiger partial charge in [0.25, 0.3) is 0 Å². The van der Waals surface area contributed by atoms with Gasteiger partial charge >= 0.3 is 12.0 Å². The first-order valence-corrected chi connectivity index (χ1v) is 20.1. The smallest absolute Gasteiger partial charge is 0.328 e. The molecule has 6 aromatic carbocycles. The van der Waals surface area contributed by atoms with Crippen molar-refractivity contribution in [3.05, 3.63) is 203 Å². The number of nitrogens with zero attached hydrogens (tertiary/aromatic N) is 1. The van der Waals surface area contributed by atoms with Crippen molar-refractivity contribution >= 4 is 12.0 Å². The van der Waals surface area contributed by atoms with E-state index in [-0.39, 0.29) is 25.4 Å². The Morgan fingerprint density at radius 1 is 0.695 bits per heavy atom. The Kier molecular flexibility index (Phi) is 14.3. The van der Waals surface area contributed by atoms with E-state index in [0.29, 0.717) is 19.4 Å². The molecule has 9 heteroatoms. The third-order valence-corrected chi connectivity index (χ3v) is 10.6. The number of rotatable bonds is 16. The van der Waals surface area contributed by atoms with Crippen LogP contribution in [-0.2, 0) is 51.7 Å². The van der Waals surface area contributed by atoms with Crippen molar-refractivity contribution in [1.29, 1.82) is 0 Å². The first kappa shape index (κ1) is 41.1. The van der Waals surface area contributed by atoms with Crippen LogP contribution in [0.4, 0.5) is 4.79 Å². The molecule has 0 aromatic heterocycles. The Labute approximate surface area is 346 Å². The molecule has 1 heterocycles. The van der Waals surface area contributed by atoms with Crippen molar-refractivity contribution in [2.75, 3.05) is 13.7 Å². The predicted molar refractivity (Wildman–Crippen MR) is 229 cm³/mol. The van der Waals surface area contributed by atoms with Gasteiger partial charge in [0.05, 0.1) is 25.9 Å². The van der Waals surface area contributed by atoms with Gasteiger partial charge in [0.1, 0.15) is 6.04 Å². The maximum Gasteiger partial charge on any atom is 0.328 e. The van der Waals surface area contributed by atoms with E-state index < -0.39 is 24.3 Å². The molecule has 2 amide bonds. The molecule has 9 nitrogen and oxygen atoms in total. The van der Waals surface area contributed by atoms with Gasteiger partial charge in [-0.1, -0.05) is 164 Å². The summed E-state index contributed by atoms with van der Waals surface area (Å²) in [6.45, 7) is 2.49. The highest BCUT2D eigenvalue weighted by molar-refractivity contribution is 5.84. The Balaban J connectivity index is 1.07. The number of amides is 2. The van der Waals surface area contributed by atoms with Gasteiger partial charge in [-0.15, -0.1) is 0 Å². The van der Waals surface area contributed by atoms with Crippen LogP contribution in [0.5, 0.6) is 0 Å². The molecule has 0 spiro atoms. The summed E-state index contributed by atoms with van der Waals surface area (Å²) in [5, 5.41) is 15.4. The van der Waals surface area contributed by atoms with Crippen LogP contribution in [0.2, 0.25) is 0 Å². The number of carbonyl (C=O) groups excluding carboxylic acids is 2. The largest absolute Gasteiger partial charge is 0.467 e. The first-order chi connectivity index (χ1) is 28.9. The molecule has 3 N–H and O–H groups in total. The lowest BCUT2D eigenvalue weighted by atomic mass is 9.97. The predicted octanol–water partition coefficient (Wildman–Crippen LogP) is 8.68. The van der Waals surface area contributed by atoms with E-state index in [0.717, 1.165) is 52.0 Å². The zero-order chi connectivity index (χ0) is 40.8. The van der Waals surface area contributed by atoms with Gasteiger partial charge in [0, 0.05) is 44.6 Å². The third-order valence-electron chi connectivity index (χ3n) is 10.6. The third kappa shape index (κ3) is 11.5. The van der Waals surface area contributed by atoms with Crippen LogP contribution in [0.1, 0.15) is 57.8 Å². The summed E-state index contributed by atoms with van der Waals surface area (Å²) in [5.41, 5.74) is 9.05. The summed E-state index contributed by atoms with van der Waals surface area (Å²) >= 11 is 0. The van der Waals surface area contributed by atoms with Crippen LogP contribution in [0.25, 0.3) is 11.1 Å². The number of urea groups is 1. The van der Waals surface area contributed by atoms with Crippen LogP contribution in [-0.4, -0.2) is 47.8 Å². The van der Waals surface area contributed by atoms with Crippen molar-refractivity contribution < 1.29 is 28.9 Å². The number of nitrogens with one attached hydrogen (secondary N) is 2. The molecule has 0 radical (unpaired) electrons. The number of carbonyl (C=O) groups is 2. The molecular formula is C50H51N3O6. The minimum absolute atomic E-state index is 0.0164. The number of ether oxygens (including phenoxy) is 3. The standard InChI is InChI=1S/C50H51N3O6/c1-57-48(55)46(29-36-13-5-2-6-14-36)52-50(56)51-31-43-19-11-12-20-45(43)40-25-27-42(28-26-40)49-58-44(30-47(59-49)41-23-21-39(35-54)22-24-41)34-53(32-37-15-7-3-8-16-37)33-38-17-9-4-10-18-38/h2-28,44,46-47,49,54H,29-35H2,1H3,(H2,51,52,56)/t44-,46+,47+,49+/m1/s1. The van der Waals surface area contributed by atoms with Crippen molar-refractivity contribution in [1.82, 2.24) is 15.5 Å². The van der Waals surface area contributed by atoms with Crippen molar-refractivity contribution in [2.24, 2.45) is 0 Å². The van der Waals surface area contributed by atoms with Crippen LogP contribution >= 0.6 is 0 Å². The van der Waals surface area contributed by atoms with Crippen molar-refractivity contribution in [3.63, 3.8) is 0 Å². The van der Waals surface area contributed by atoms with E-state index >= 15 is 0 Å². The number of benzene rings is 6. The number of esters is 1. The highest BCUT2D eigenvalue weighted by Gasteiger charge is 2.33. The molecule has 1 saturated heterocycles. The van der Waals surface area contributed by atoms with E-state index in [1.165, 1.54) is 18.2 Å². The van der Waals surface area contributed by atoms with Crippen molar-refractivity contribution in [2.45, 2.75) is 63.6 Å². The normalized spacial score (nSPS) is 16.9. The molecule has 1 fully saturated rings. The maximum atomic E-state index is 13.1. The Bertz CT molecular complexity index is 2180. The number of hydrogen-bond donors (Lipinski definition) is 3. The van der Waals surface area contributed by atoms with Gasteiger partial charge in [-0.3, -0.25) is 4.90 Å². The van der Waals surface area contributed by atoms with Crippen LogP contribution < -0.4 is 10.6 Å². The minimum atomic E-state index is -0.829. The second kappa shape index (κ2) is 20.5. The molecule has 0 bridgehead atoms. The molecular weight excluding hydrogens is 739 g/mol. The molecule has 4 atom stereocenters. The lowest BCUT2D eigenvalue weighted by molar-refractivity contribution is -0.253. The van der Waals surface area contributed by atoms with Crippen molar-refractivity contribution in [3.8, 4) is 11.1 Å². The first-order valence-electron chi connectivity index (χ1n) is 20.1. The number of aliphatic hydroxyl groups excluding tert-OH is 1. The molecule has 0 saturated carbocycles. The van der Waals surface area contributed by atoms with E-state index in [1.54, 1.807) is 0 Å². The summed E-state index contributed by atoms with van der Waals surface area (Å²) < 4.78 is 18.5. The summed E-state index contributed by atoms with van der Waals surface area (Å²) in [6, 6.07) is 53.3. The number of methoxy groups -OCH3 is 1. The van der Waals surface area contributed by atoms with E-state index in [1.807, 2.05) is 103 Å². The zero-order valence-corrected chi connectivity index (χ0v) is 33.3. The Hall–Kier alpha value is -6.10. The number of aliphatic hydroxyl groups is 1. The van der Waals surface area contributed by atoms with Crippen LogP contribution in [0, 0.1) is 0 Å². The highest BCUT2D eigenvalue weighted by Crippen LogP contribution is 2.39. The summed E-state index contributed by atoms with van der Waals surface area (Å²) in [4.78, 5) is 28.0. The topological polar surface area (TPSA) is 109 Å². The average Bonchev–Trinajstić information content (AvgIpc) is 3.29. The molecule has 302 valence electrons. The summed E-state index contributed by atoms with van der Waals surface area (Å²) in [6.07, 6.45) is 0.0295. The molecule has 6 aromatic rings. The van der Waals surface area contributed by atoms with Gasteiger partial charge in [-0.25, -0.2) is 9.59 Å². The fraction of sp³-hybridized carbons (Fsp3) is 0.240. The van der Waals surface area contributed by atoms with E-state index in [4.69, 9.17) is 14.2 Å². The lowest BCUT2D eigenvalue weighted by Gasteiger charge is -2.38. The van der Waals surface area contributed by atoms with Gasteiger partial charge in [-0.05, 0) is 44.5 Å². The minimum Gasteiger partial charge on any atom is -0.467 e. The molecule has 1 aliphatic heterocycles. The Morgan fingerprint density at radius 3 is 1.88 bits per heavy atom. The Morgan fingerprint density at radius 2 is 1.27 bits per heavy atom. The maximum absolute atomic E-state index is 13.1. The molecule has 1 aliphatic rings. The van der Waals surface area contributed by atoms with Gasteiger partial charge < -0.3 is 30.0 Å². The van der Waals surface area contributed by atoms with Crippen LogP contribution in [0.15, 0.2) is 164 Å². The van der Waals surface area contributed by atoms with Gasteiger partial charge in [-0.2, -0.15) is 0 Å². The SMILES string of the molecule is COC(=O)[C@H](Cc1ccccc1)NC(=O)NCc1ccccc1-c1ccc([C@H]2O[C@@H](CN(Cc3ccccc3)Cc3ccccc3)C[C@@H](c3ccc(CO)cc3)O2)cc1. The van der Waals surface area contributed by atoms with Gasteiger partial charge in [0.15, 0.2) is 6.29 Å². The quantitative estimate of drug-likeness (QED) is 0.0843. The molecule has 7 rings (SSSR count). The number of hydrogen-bond acceptors (Lipinski definition) is 7. The van der Waals surface area contributed by atoms with E-state index in [9.17, 15) is 14.7 Å². The molecule has 0 aliphatic carbocycles. The average molecular weight is 790 g/mol. The fourth-order valence-electron chi connectivity index (χ4n) is 7.54.